The van der Waals surface area contributed by atoms with Gasteiger partial charge in [0.25, 0.3) is 0 Å². The molecule has 2 heterocycles. The molecule has 1 fully saturated rings. The molecule has 5 nitrogen and oxygen atoms in total. The van der Waals surface area contributed by atoms with E-state index in [1.54, 1.807) is 0 Å². The lowest BCUT2D eigenvalue weighted by molar-refractivity contribution is 0.625. The molecule has 2 unspecified atom stereocenters. The van der Waals surface area contributed by atoms with E-state index in [1.165, 1.54) is 6.42 Å². The molecule has 0 bridgehead atoms. The number of aromatic nitrogens is 2. The Morgan fingerprint density at radius 1 is 1.39 bits per heavy atom. The van der Waals surface area contributed by atoms with Crippen molar-refractivity contribution in [1.29, 1.82) is 0 Å². The van der Waals surface area contributed by atoms with Gasteiger partial charge in [0.1, 0.15) is 17.5 Å². The Bertz CT molecular complexity index is 418. The quantitative estimate of drug-likeness (QED) is 0.634. The lowest BCUT2D eigenvalue weighted by atomic mass is 10.1. The van der Waals surface area contributed by atoms with Gasteiger partial charge < -0.3 is 10.3 Å². The van der Waals surface area contributed by atoms with Gasteiger partial charge in [-0.05, 0) is 19.3 Å². The summed E-state index contributed by atoms with van der Waals surface area (Å²) in [6.07, 6.45) is 1.21. The van der Waals surface area contributed by atoms with E-state index in [-0.39, 0.29) is 0 Å². The second-order valence-corrected chi connectivity index (χ2v) is 5.61. The first-order valence-electron chi connectivity index (χ1n) is 6.63. The first kappa shape index (κ1) is 13.1. The second kappa shape index (κ2) is 5.10. The zero-order valence-corrected chi connectivity index (χ0v) is 11.6. The highest BCUT2D eigenvalue weighted by Gasteiger charge is 2.27. The van der Waals surface area contributed by atoms with Crippen LogP contribution in [-0.4, -0.2) is 22.6 Å². The van der Waals surface area contributed by atoms with E-state index in [1.807, 2.05) is 6.07 Å². The summed E-state index contributed by atoms with van der Waals surface area (Å²) in [7, 11) is 0. The molecule has 0 spiro atoms. The Balaban J connectivity index is 2.34. The first-order valence-corrected chi connectivity index (χ1v) is 6.63. The molecule has 2 atom stereocenters. The van der Waals surface area contributed by atoms with Crippen LogP contribution in [0.4, 0.5) is 11.6 Å². The summed E-state index contributed by atoms with van der Waals surface area (Å²) in [6, 6.07) is 2.46. The van der Waals surface area contributed by atoms with Crippen LogP contribution >= 0.6 is 0 Å². The van der Waals surface area contributed by atoms with Crippen LogP contribution in [0, 0.1) is 5.92 Å². The van der Waals surface area contributed by atoms with Gasteiger partial charge in [-0.15, -0.1) is 0 Å². The molecule has 0 aromatic carbocycles. The van der Waals surface area contributed by atoms with Crippen LogP contribution in [0.3, 0.4) is 0 Å². The summed E-state index contributed by atoms with van der Waals surface area (Å²) in [6.45, 7) is 9.77. The number of hydrazine groups is 1. The zero-order valence-electron chi connectivity index (χ0n) is 11.6. The molecule has 3 N–H and O–H groups in total. The Morgan fingerprint density at radius 3 is 2.61 bits per heavy atom. The average Bonchev–Trinajstić information content (AvgIpc) is 2.67. The summed E-state index contributed by atoms with van der Waals surface area (Å²) in [5, 5.41) is 0. The highest BCUT2D eigenvalue weighted by Crippen LogP contribution is 2.29. The number of anilines is 2. The van der Waals surface area contributed by atoms with Crippen LogP contribution in [0.2, 0.25) is 0 Å². The van der Waals surface area contributed by atoms with Crippen molar-refractivity contribution in [2.45, 2.75) is 46.1 Å². The minimum atomic E-state index is 0.299. The number of hydrogen-bond acceptors (Lipinski definition) is 5. The van der Waals surface area contributed by atoms with E-state index in [0.29, 0.717) is 23.7 Å². The van der Waals surface area contributed by atoms with Gasteiger partial charge in [-0.25, -0.2) is 15.8 Å². The molecule has 18 heavy (non-hydrogen) atoms. The molecule has 100 valence electrons. The van der Waals surface area contributed by atoms with Gasteiger partial charge in [-0.2, -0.15) is 0 Å². The van der Waals surface area contributed by atoms with E-state index in [0.717, 1.165) is 18.2 Å². The fourth-order valence-electron chi connectivity index (χ4n) is 2.55. The molecule has 0 amide bonds. The number of nitrogens with zero attached hydrogens (tertiary/aromatic N) is 3. The molecule has 0 radical (unpaired) electrons. The van der Waals surface area contributed by atoms with Crippen molar-refractivity contribution < 1.29 is 0 Å². The highest BCUT2D eigenvalue weighted by molar-refractivity contribution is 5.50. The number of hydrogen-bond donors (Lipinski definition) is 2. The largest absolute Gasteiger partial charge is 0.353 e. The normalized spacial score (nSPS) is 23.8. The predicted octanol–water partition coefficient (Wildman–Crippen LogP) is 2.12. The number of nitrogens with two attached hydrogens (primary N) is 1. The molecule has 1 aromatic heterocycles. The molecule has 1 saturated heterocycles. The van der Waals surface area contributed by atoms with Gasteiger partial charge in [0.05, 0.1) is 0 Å². The monoisotopic (exact) mass is 249 g/mol. The molecule has 5 heteroatoms. The maximum absolute atomic E-state index is 5.49. The lowest BCUT2D eigenvalue weighted by Gasteiger charge is -2.24. The fourth-order valence-corrected chi connectivity index (χ4v) is 2.55. The van der Waals surface area contributed by atoms with Gasteiger partial charge in [0, 0.05) is 24.6 Å². The first-order chi connectivity index (χ1) is 8.51. The van der Waals surface area contributed by atoms with Crippen molar-refractivity contribution in [3.63, 3.8) is 0 Å². The van der Waals surface area contributed by atoms with Crippen molar-refractivity contribution in [2.24, 2.45) is 11.8 Å². The van der Waals surface area contributed by atoms with Gasteiger partial charge in [-0.1, -0.05) is 20.8 Å². The Morgan fingerprint density at radius 2 is 2.11 bits per heavy atom. The minimum Gasteiger partial charge on any atom is -0.353 e. The minimum absolute atomic E-state index is 0.299. The Kier molecular flexibility index (Phi) is 3.71. The number of nitrogens with one attached hydrogen (secondary N) is 1. The van der Waals surface area contributed by atoms with Gasteiger partial charge in [-0.3, -0.25) is 0 Å². The van der Waals surface area contributed by atoms with Crippen LogP contribution in [0.5, 0.6) is 0 Å². The van der Waals surface area contributed by atoms with Crippen LogP contribution in [0.15, 0.2) is 6.07 Å². The lowest BCUT2D eigenvalue weighted by Crippen LogP contribution is -2.28. The summed E-state index contributed by atoms with van der Waals surface area (Å²) in [4.78, 5) is 11.4. The molecule has 0 aliphatic carbocycles. The smallest absolute Gasteiger partial charge is 0.145 e. The van der Waals surface area contributed by atoms with E-state index < -0.39 is 0 Å². The maximum Gasteiger partial charge on any atom is 0.145 e. The van der Waals surface area contributed by atoms with Crippen molar-refractivity contribution in [1.82, 2.24) is 9.97 Å². The third-order valence-electron chi connectivity index (χ3n) is 3.47. The van der Waals surface area contributed by atoms with E-state index in [9.17, 15) is 0 Å². The van der Waals surface area contributed by atoms with Gasteiger partial charge >= 0.3 is 0 Å². The van der Waals surface area contributed by atoms with Crippen LogP contribution < -0.4 is 16.2 Å². The molecular formula is C13H23N5. The summed E-state index contributed by atoms with van der Waals surface area (Å²) in [5.41, 5.74) is 2.63. The molecule has 0 saturated carbocycles. The maximum atomic E-state index is 5.49. The van der Waals surface area contributed by atoms with Crippen LogP contribution in [0.25, 0.3) is 0 Å². The third kappa shape index (κ3) is 2.56. The van der Waals surface area contributed by atoms with Crippen molar-refractivity contribution in [2.75, 3.05) is 16.9 Å². The van der Waals surface area contributed by atoms with Crippen LogP contribution in [0.1, 0.15) is 45.9 Å². The summed E-state index contributed by atoms with van der Waals surface area (Å²) < 4.78 is 0. The molecule has 2 rings (SSSR count). The third-order valence-corrected chi connectivity index (χ3v) is 3.47. The second-order valence-electron chi connectivity index (χ2n) is 5.61. The molecule has 1 aromatic rings. The highest BCUT2D eigenvalue weighted by atomic mass is 15.3. The van der Waals surface area contributed by atoms with Crippen molar-refractivity contribution in [3.8, 4) is 0 Å². The van der Waals surface area contributed by atoms with E-state index in [2.05, 4.69) is 48.0 Å². The predicted molar refractivity (Wildman–Crippen MR) is 74.5 cm³/mol. The Labute approximate surface area is 109 Å². The van der Waals surface area contributed by atoms with E-state index >= 15 is 0 Å². The van der Waals surface area contributed by atoms with Gasteiger partial charge in [0.2, 0.25) is 0 Å². The number of nitrogen functional groups attached to an aromatic ring is 1. The molecule has 1 aliphatic heterocycles. The van der Waals surface area contributed by atoms with Crippen molar-refractivity contribution in [3.05, 3.63) is 11.9 Å². The molecule has 1 aliphatic rings. The summed E-state index contributed by atoms with van der Waals surface area (Å²) >= 11 is 0. The average molecular weight is 249 g/mol. The van der Waals surface area contributed by atoms with Crippen LogP contribution in [-0.2, 0) is 0 Å². The number of rotatable bonds is 3. The summed E-state index contributed by atoms with van der Waals surface area (Å²) in [5.74, 6) is 9.02. The zero-order chi connectivity index (χ0) is 13.3. The standard InChI is InChI=1S/C13H23N5/c1-8(2)13-15-11(17-14)6-12(16-13)18-7-9(3)5-10(18)4/h6,8-10H,5,7,14H2,1-4H3,(H,15,16,17). The molecular weight excluding hydrogens is 226 g/mol. The van der Waals surface area contributed by atoms with Crippen molar-refractivity contribution >= 4 is 11.6 Å². The van der Waals surface area contributed by atoms with E-state index in [4.69, 9.17) is 5.84 Å². The fraction of sp³-hybridized carbons (Fsp3) is 0.692. The topological polar surface area (TPSA) is 67.1 Å². The van der Waals surface area contributed by atoms with Gasteiger partial charge in [0.15, 0.2) is 0 Å². The Hall–Kier alpha value is -1.36. The SMILES string of the molecule is CC1CC(C)N(c2cc(NN)nc(C(C)C)n2)C1.